The van der Waals surface area contributed by atoms with Crippen LogP contribution in [0.15, 0.2) is 15.5 Å². The van der Waals surface area contributed by atoms with E-state index in [1.165, 1.54) is 25.1 Å². The number of carbonyl (C=O) groups is 2. The zero-order valence-electron chi connectivity index (χ0n) is 13.9. The summed E-state index contributed by atoms with van der Waals surface area (Å²) in [5.41, 5.74) is -0.197. The highest BCUT2D eigenvalue weighted by Gasteiger charge is 2.27. The lowest BCUT2D eigenvalue weighted by molar-refractivity contribution is -0.142. The number of thioether (sulfide) groups is 1. The average Bonchev–Trinajstić information content (AvgIpc) is 2.91. The summed E-state index contributed by atoms with van der Waals surface area (Å²) in [6, 6.07) is -0.792. The molecule has 0 saturated carbocycles. The Morgan fingerprint density at radius 3 is 2.83 bits per heavy atom. The van der Waals surface area contributed by atoms with Crippen molar-refractivity contribution in [3.8, 4) is 0 Å². The largest absolute Gasteiger partial charge is 0.467 e. The van der Waals surface area contributed by atoms with Crippen molar-refractivity contribution in [1.29, 1.82) is 0 Å². The van der Waals surface area contributed by atoms with Gasteiger partial charge in [-0.3, -0.25) is 9.59 Å². The molecule has 2 aromatic heterocycles. The molecule has 0 aliphatic rings. The van der Waals surface area contributed by atoms with Crippen LogP contribution in [0.4, 0.5) is 0 Å². The fraction of sp³-hybridized carbons (Fsp3) is 0.467. The number of nitrogens with one attached hydrogen (secondary N) is 1. The van der Waals surface area contributed by atoms with E-state index in [1.807, 2.05) is 6.26 Å². The summed E-state index contributed by atoms with van der Waals surface area (Å²) < 4.78 is 11.4. The Labute approximate surface area is 142 Å². The molecule has 8 nitrogen and oxygen atoms in total. The van der Waals surface area contributed by atoms with E-state index in [2.05, 4.69) is 10.3 Å². The second-order valence-electron chi connectivity index (χ2n) is 5.20. The van der Waals surface area contributed by atoms with E-state index in [1.54, 1.807) is 18.7 Å². The molecule has 2 aromatic rings. The van der Waals surface area contributed by atoms with Gasteiger partial charge in [-0.25, -0.2) is 9.78 Å². The van der Waals surface area contributed by atoms with Crippen LogP contribution in [0.5, 0.6) is 0 Å². The number of methoxy groups -OCH3 is 1. The van der Waals surface area contributed by atoms with Gasteiger partial charge < -0.3 is 19.0 Å². The molecule has 0 saturated heterocycles. The first kappa shape index (κ1) is 18.1. The number of nitrogens with zero attached hydrogens (tertiary/aromatic N) is 2. The average molecular weight is 353 g/mol. The van der Waals surface area contributed by atoms with E-state index in [0.717, 1.165) is 0 Å². The number of ether oxygens (including phenoxy) is 1. The van der Waals surface area contributed by atoms with E-state index >= 15 is 0 Å². The Kier molecular flexibility index (Phi) is 5.66. The lowest BCUT2D eigenvalue weighted by Gasteiger charge is -2.15. The van der Waals surface area contributed by atoms with Crippen LogP contribution in [0, 0.1) is 6.92 Å². The molecular weight excluding hydrogens is 334 g/mol. The first-order valence-electron chi connectivity index (χ1n) is 7.23. The van der Waals surface area contributed by atoms with E-state index in [9.17, 15) is 14.4 Å². The van der Waals surface area contributed by atoms with Gasteiger partial charge in [-0.05, 0) is 25.4 Å². The van der Waals surface area contributed by atoms with Crippen LogP contribution < -0.4 is 10.9 Å². The Balaban J connectivity index is 2.40. The van der Waals surface area contributed by atoms with E-state index in [-0.39, 0.29) is 28.0 Å². The summed E-state index contributed by atoms with van der Waals surface area (Å²) in [6.45, 7) is 1.57. The summed E-state index contributed by atoms with van der Waals surface area (Å²) in [5.74, 6) is -0.150. The predicted octanol–water partition coefficient (Wildman–Crippen LogP) is 0.859. The molecule has 1 atom stereocenters. The van der Waals surface area contributed by atoms with Crippen molar-refractivity contribution in [3.05, 3.63) is 28.0 Å². The Morgan fingerprint density at radius 1 is 1.50 bits per heavy atom. The number of hydrogen-bond acceptors (Lipinski definition) is 7. The summed E-state index contributed by atoms with van der Waals surface area (Å²) in [6.07, 6.45) is 3.65. The highest BCUT2D eigenvalue weighted by Crippen LogP contribution is 2.21. The van der Waals surface area contributed by atoms with Gasteiger partial charge in [-0.2, -0.15) is 11.8 Å². The van der Waals surface area contributed by atoms with Crippen LogP contribution in [0.25, 0.3) is 11.1 Å². The van der Waals surface area contributed by atoms with Crippen LogP contribution >= 0.6 is 11.8 Å². The molecule has 0 aromatic carbocycles. The molecule has 0 fully saturated rings. The molecule has 0 bridgehead atoms. The number of hydrogen-bond donors (Lipinski definition) is 1. The molecule has 0 aliphatic heterocycles. The molecule has 1 N–H and O–H groups in total. The number of amides is 1. The smallest absolute Gasteiger partial charge is 0.328 e. The first-order valence-corrected chi connectivity index (χ1v) is 8.62. The Hall–Kier alpha value is -2.29. The van der Waals surface area contributed by atoms with Crippen LogP contribution in [0.3, 0.4) is 0 Å². The third-order valence-electron chi connectivity index (χ3n) is 3.58. The molecule has 0 unspecified atom stereocenters. The van der Waals surface area contributed by atoms with Gasteiger partial charge in [0.2, 0.25) is 5.71 Å². The monoisotopic (exact) mass is 353 g/mol. The van der Waals surface area contributed by atoms with Gasteiger partial charge in [0, 0.05) is 7.05 Å². The van der Waals surface area contributed by atoms with E-state index < -0.39 is 17.9 Å². The van der Waals surface area contributed by atoms with Gasteiger partial charge in [0.15, 0.2) is 0 Å². The molecule has 24 heavy (non-hydrogen) atoms. The molecule has 130 valence electrons. The van der Waals surface area contributed by atoms with Crippen molar-refractivity contribution < 1.29 is 18.7 Å². The van der Waals surface area contributed by atoms with Gasteiger partial charge in [0.1, 0.15) is 23.5 Å². The highest BCUT2D eigenvalue weighted by molar-refractivity contribution is 7.98. The molecule has 2 heterocycles. The minimum atomic E-state index is -0.792. The summed E-state index contributed by atoms with van der Waals surface area (Å²) in [4.78, 5) is 40.8. The van der Waals surface area contributed by atoms with E-state index in [4.69, 9.17) is 9.15 Å². The van der Waals surface area contributed by atoms with Crippen molar-refractivity contribution in [2.24, 2.45) is 7.05 Å². The summed E-state index contributed by atoms with van der Waals surface area (Å²) in [5, 5.41) is 2.72. The summed E-state index contributed by atoms with van der Waals surface area (Å²) in [7, 11) is 2.80. The Morgan fingerprint density at radius 2 is 2.21 bits per heavy atom. The SMILES string of the molecule is COC(=O)[C@@H](CCSC)NC(=O)c1c(C)oc2ncn(C)c(=O)c12. The number of carbonyl (C=O) groups excluding carboxylic acids is 2. The number of esters is 1. The van der Waals surface area contributed by atoms with Gasteiger partial charge in [-0.1, -0.05) is 0 Å². The zero-order chi connectivity index (χ0) is 17.9. The second kappa shape index (κ2) is 7.52. The third kappa shape index (κ3) is 3.45. The fourth-order valence-electron chi connectivity index (χ4n) is 2.32. The van der Waals surface area contributed by atoms with Crippen molar-refractivity contribution in [1.82, 2.24) is 14.9 Å². The molecule has 9 heteroatoms. The second-order valence-corrected chi connectivity index (χ2v) is 6.19. The fourth-order valence-corrected chi connectivity index (χ4v) is 2.79. The lowest BCUT2D eigenvalue weighted by Crippen LogP contribution is -2.42. The van der Waals surface area contributed by atoms with Gasteiger partial charge >= 0.3 is 5.97 Å². The minimum Gasteiger partial charge on any atom is -0.467 e. The first-order chi connectivity index (χ1) is 11.4. The lowest BCUT2D eigenvalue weighted by atomic mass is 10.1. The zero-order valence-corrected chi connectivity index (χ0v) is 14.7. The van der Waals surface area contributed by atoms with Crippen molar-refractivity contribution in [2.75, 3.05) is 19.1 Å². The normalized spacial score (nSPS) is 12.2. The maximum Gasteiger partial charge on any atom is 0.328 e. The van der Waals surface area contributed by atoms with Gasteiger partial charge in [-0.15, -0.1) is 0 Å². The van der Waals surface area contributed by atoms with Crippen molar-refractivity contribution in [3.63, 3.8) is 0 Å². The van der Waals surface area contributed by atoms with Gasteiger partial charge in [0.25, 0.3) is 11.5 Å². The molecule has 0 radical (unpaired) electrons. The molecular formula is C15H19N3O5S. The number of furan rings is 1. The molecule has 0 aliphatic carbocycles. The maximum absolute atomic E-state index is 12.6. The molecule has 2 rings (SSSR count). The summed E-state index contributed by atoms with van der Waals surface area (Å²) >= 11 is 1.55. The van der Waals surface area contributed by atoms with Crippen molar-refractivity contribution in [2.45, 2.75) is 19.4 Å². The van der Waals surface area contributed by atoms with E-state index in [0.29, 0.717) is 12.2 Å². The molecule has 0 spiro atoms. The Bertz CT molecular complexity index is 826. The van der Waals surface area contributed by atoms with Crippen LogP contribution in [-0.4, -0.2) is 46.6 Å². The topological polar surface area (TPSA) is 103 Å². The standard InChI is InChI=1S/C15H19N3O5S/c1-8-10(11-13(23-8)16-7-18(2)14(11)20)12(19)17-9(5-6-24-4)15(21)22-3/h7,9H,5-6H2,1-4H3,(H,17,19)/t9-/m1/s1. The maximum atomic E-state index is 12.6. The third-order valence-corrected chi connectivity index (χ3v) is 4.22. The number of aromatic nitrogens is 2. The highest BCUT2D eigenvalue weighted by atomic mass is 32.2. The number of aryl methyl sites for hydroxylation is 2. The molecule has 1 amide bonds. The minimum absolute atomic E-state index is 0.0942. The predicted molar refractivity (Wildman–Crippen MR) is 90.3 cm³/mol. The van der Waals surface area contributed by atoms with Crippen LogP contribution in [-0.2, 0) is 16.6 Å². The number of fused-ring (bicyclic) bond motifs is 1. The van der Waals surface area contributed by atoms with Crippen molar-refractivity contribution >= 4 is 34.7 Å². The van der Waals surface area contributed by atoms with Crippen LogP contribution in [0.1, 0.15) is 22.5 Å². The number of rotatable bonds is 6. The van der Waals surface area contributed by atoms with Gasteiger partial charge in [0.05, 0.1) is 12.7 Å². The quantitative estimate of drug-likeness (QED) is 0.768. The van der Waals surface area contributed by atoms with Crippen LogP contribution in [0.2, 0.25) is 0 Å².